The first-order valence-electron chi connectivity index (χ1n) is 12.1. The van der Waals surface area contributed by atoms with Gasteiger partial charge in [0.2, 0.25) is 0 Å². The number of carboxylic acids is 1. The number of allylic oxidation sites excluding steroid dienone is 1. The summed E-state index contributed by atoms with van der Waals surface area (Å²) in [7, 11) is 0. The van der Waals surface area contributed by atoms with Gasteiger partial charge in [0.1, 0.15) is 0 Å². The highest BCUT2D eigenvalue weighted by atomic mass is 16.4. The molecule has 4 rings (SSSR count). The number of fused-ring (bicyclic) bond motifs is 5. The van der Waals surface area contributed by atoms with Crippen molar-refractivity contribution in [2.24, 2.45) is 40.4 Å². The van der Waals surface area contributed by atoms with Crippen LogP contribution in [0, 0.1) is 40.4 Å². The largest absolute Gasteiger partial charge is 0.481 e. The fraction of sp³-hybridized carbons (Fsp3) is 0.880. The van der Waals surface area contributed by atoms with Gasteiger partial charge in [-0.05, 0) is 98.3 Å². The Morgan fingerprint density at radius 2 is 2.00 bits per heavy atom. The Balaban J connectivity index is 1.45. The van der Waals surface area contributed by atoms with Crippen LogP contribution in [0.3, 0.4) is 0 Å². The van der Waals surface area contributed by atoms with Gasteiger partial charge in [0.25, 0.3) is 0 Å². The van der Waals surface area contributed by atoms with Crippen LogP contribution in [0.4, 0.5) is 0 Å². The minimum atomic E-state index is -0.718. The molecule has 0 aromatic carbocycles. The Morgan fingerprint density at radius 3 is 2.76 bits per heavy atom. The lowest BCUT2D eigenvalue weighted by atomic mass is 9.47. The van der Waals surface area contributed by atoms with Crippen LogP contribution >= 0.6 is 0 Å². The topological polar surface area (TPSA) is 69.6 Å². The summed E-state index contributed by atoms with van der Waals surface area (Å²) in [5, 5.41) is 22.4. The van der Waals surface area contributed by atoms with E-state index in [1.54, 1.807) is 5.57 Å². The molecule has 0 amide bonds. The Kier molecular flexibility index (Phi) is 5.89. The third kappa shape index (κ3) is 3.69. The number of carbonyl (C=O) groups is 1. The molecule has 29 heavy (non-hydrogen) atoms. The molecular weight excluding hydrogens is 362 g/mol. The van der Waals surface area contributed by atoms with Crippen LogP contribution in [0.5, 0.6) is 0 Å². The van der Waals surface area contributed by atoms with Gasteiger partial charge in [-0.2, -0.15) is 0 Å². The molecule has 0 spiro atoms. The highest BCUT2D eigenvalue weighted by Crippen LogP contribution is 2.67. The molecule has 0 heterocycles. The van der Waals surface area contributed by atoms with Gasteiger partial charge in [-0.1, -0.05) is 32.4 Å². The van der Waals surface area contributed by atoms with E-state index in [1.165, 1.54) is 32.1 Å². The van der Waals surface area contributed by atoms with E-state index >= 15 is 0 Å². The fourth-order valence-electron chi connectivity index (χ4n) is 8.28. The summed E-state index contributed by atoms with van der Waals surface area (Å²) in [4.78, 5) is 10.8. The summed E-state index contributed by atoms with van der Waals surface area (Å²) in [6.07, 6.45) is 12.3. The predicted octanol–water partition coefficient (Wildman–Crippen LogP) is 4.63. The molecule has 4 nitrogen and oxygen atoms in total. The van der Waals surface area contributed by atoms with Crippen molar-refractivity contribution in [2.45, 2.75) is 84.7 Å². The molecular formula is C25H41NO3. The molecule has 0 radical (unpaired) electrons. The minimum absolute atomic E-state index is 0.120. The number of nitrogens with one attached hydrogen (secondary N) is 1. The molecule has 4 aliphatic carbocycles. The van der Waals surface area contributed by atoms with Crippen LogP contribution in [0.25, 0.3) is 0 Å². The number of aliphatic hydroxyl groups is 1. The normalized spacial score (nSPS) is 45.0. The van der Waals surface area contributed by atoms with Crippen LogP contribution in [0.1, 0.15) is 78.6 Å². The SMILES string of the molecule is C[C@H](CNCCC(=O)O)[C@H]1CC[C@H]2[C@@H]3CC=C4C[C@@H](O)CC[C@]4(C)[C@H]3CC[C@]12C. The van der Waals surface area contributed by atoms with Crippen LogP contribution in [-0.4, -0.2) is 35.4 Å². The quantitative estimate of drug-likeness (QED) is 0.447. The first-order chi connectivity index (χ1) is 13.8. The van der Waals surface area contributed by atoms with Gasteiger partial charge in [-0.15, -0.1) is 0 Å². The third-order valence-corrected chi connectivity index (χ3v) is 9.82. The zero-order valence-electron chi connectivity index (χ0n) is 18.6. The number of aliphatic carboxylic acids is 1. The van der Waals surface area contributed by atoms with E-state index in [9.17, 15) is 9.90 Å². The maximum atomic E-state index is 10.8. The van der Waals surface area contributed by atoms with E-state index in [0.717, 1.165) is 49.5 Å². The highest BCUT2D eigenvalue weighted by molar-refractivity contribution is 5.66. The Labute approximate surface area is 176 Å². The van der Waals surface area contributed by atoms with Gasteiger partial charge in [0, 0.05) is 6.54 Å². The molecule has 8 atom stereocenters. The maximum absolute atomic E-state index is 10.8. The van der Waals surface area contributed by atoms with Gasteiger partial charge in [0.15, 0.2) is 0 Å². The van der Waals surface area contributed by atoms with E-state index in [-0.39, 0.29) is 12.5 Å². The zero-order chi connectivity index (χ0) is 20.8. The van der Waals surface area contributed by atoms with Crippen LogP contribution in [0.15, 0.2) is 11.6 Å². The molecule has 4 aliphatic rings. The predicted molar refractivity (Wildman–Crippen MR) is 115 cm³/mol. The lowest BCUT2D eigenvalue weighted by Gasteiger charge is -2.58. The van der Waals surface area contributed by atoms with E-state index in [1.807, 2.05) is 0 Å². The van der Waals surface area contributed by atoms with E-state index in [4.69, 9.17) is 5.11 Å². The summed E-state index contributed by atoms with van der Waals surface area (Å²) in [5.74, 6) is 3.08. The summed E-state index contributed by atoms with van der Waals surface area (Å²) in [5.41, 5.74) is 2.32. The van der Waals surface area contributed by atoms with E-state index in [2.05, 4.69) is 32.2 Å². The van der Waals surface area contributed by atoms with Gasteiger partial charge in [0.05, 0.1) is 12.5 Å². The Morgan fingerprint density at radius 1 is 1.21 bits per heavy atom. The summed E-state index contributed by atoms with van der Waals surface area (Å²) in [6.45, 7) is 8.97. The standard InChI is InChI=1S/C25H41NO3/c1-16(15-26-13-10-23(28)29)20-6-7-21-19-5-4-17-14-18(27)8-11-24(17,2)22(19)9-12-25(20,21)3/h4,16,18-22,26-27H,5-15H2,1-3H3,(H,28,29)/t16-,18+,19+,20-,21+,22+,24+,25-/m1/s1. The molecule has 0 unspecified atom stereocenters. The molecule has 164 valence electrons. The van der Waals surface area contributed by atoms with Crippen LogP contribution in [0.2, 0.25) is 0 Å². The molecule has 0 aromatic rings. The van der Waals surface area contributed by atoms with Crippen molar-refractivity contribution < 1.29 is 15.0 Å². The van der Waals surface area contributed by atoms with Crippen molar-refractivity contribution in [1.29, 1.82) is 0 Å². The minimum Gasteiger partial charge on any atom is -0.481 e. The number of carboxylic acid groups (broad SMARTS) is 1. The first kappa shape index (κ1) is 21.4. The van der Waals surface area contributed by atoms with Gasteiger partial charge >= 0.3 is 5.97 Å². The monoisotopic (exact) mass is 403 g/mol. The number of hydrogen-bond donors (Lipinski definition) is 3. The summed E-state index contributed by atoms with van der Waals surface area (Å²) < 4.78 is 0. The third-order valence-electron chi connectivity index (χ3n) is 9.82. The molecule has 3 saturated carbocycles. The fourth-order valence-corrected chi connectivity index (χ4v) is 8.28. The zero-order valence-corrected chi connectivity index (χ0v) is 18.6. The molecule has 3 N–H and O–H groups in total. The number of aliphatic hydroxyl groups excluding tert-OH is 1. The van der Waals surface area contributed by atoms with Crippen molar-refractivity contribution in [3.8, 4) is 0 Å². The van der Waals surface area contributed by atoms with E-state index < -0.39 is 5.97 Å². The molecule has 0 aliphatic heterocycles. The second-order valence-electron chi connectivity index (χ2n) is 11.2. The van der Waals surface area contributed by atoms with Crippen molar-refractivity contribution in [2.75, 3.05) is 13.1 Å². The van der Waals surface area contributed by atoms with Crippen molar-refractivity contribution in [1.82, 2.24) is 5.32 Å². The smallest absolute Gasteiger partial charge is 0.304 e. The average Bonchev–Trinajstić information content (AvgIpc) is 3.03. The lowest BCUT2D eigenvalue weighted by molar-refractivity contribution is -0.136. The van der Waals surface area contributed by atoms with Gasteiger partial charge < -0.3 is 15.5 Å². The molecule has 0 aromatic heterocycles. The van der Waals surface area contributed by atoms with Crippen LogP contribution < -0.4 is 5.32 Å². The Bertz CT molecular complexity index is 660. The average molecular weight is 404 g/mol. The second-order valence-corrected chi connectivity index (χ2v) is 11.2. The van der Waals surface area contributed by atoms with Gasteiger partial charge in [-0.25, -0.2) is 0 Å². The maximum Gasteiger partial charge on any atom is 0.304 e. The van der Waals surface area contributed by atoms with Gasteiger partial charge in [-0.3, -0.25) is 4.79 Å². The second kappa shape index (κ2) is 8.00. The van der Waals surface area contributed by atoms with Crippen molar-refractivity contribution in [3.05, 3.63) is 11.6 Å². The van der Waals surface area contributed by atoms with Crippen molar-refractivity contribution in [3.63, 3.8) is 0 Å². The lowest BCUT2D eigenvalue weighted by Crippen LogP contribution is -2.51. The summed E-state index contributed by atoms with van der Waals surface area (Å²) >= 11 is 0. The molecule has 3 fully saturated rings. The van der Waals surface area contributed by atoms with Crippen LogP contribution in [-0.2, 0) is 4.79 Å². The number of hydrogen-bond acceptors (Lipinski definition) is 3. The first-order valence-corrected chi connectivity index (χ1v) is 12.1. The molecule has 0 saturated heterocycles. The van der Waals surface area contributed by atoms with Crippen molar-refractivity contribution >= 4 is 5.97 Å². The highest BCUT2D eigenvalue weighted by Gasteiger charge is 2.59. The van der Waals surface area contributed by atoms with E-state index in [0.29, 0.717) is 23.3 Å². The number of rotatable bonds is 6. The molecule has 4 heteroatoms. The Hall–Kier alpha value is -0.870. The summed E-state index contributed by atoms with van der Waals surface area (Å²) in [6, 6.07) is 0. The molecule has 0 bridgehead atoms.